The van der Waals surface area contributed by atoms with Crippen LogP contribution < -0.4 is 0 Å². The molecule has 1 aliphatic heterocycles. The summed E-state index contributed by atoms with van der Waals surface area (Å²) in [6.45, 7) is 10.7. The van der Waals surface area contributed by atoms with Crippen LogP contribution >= 0.6 is 0 Å². The fourth-order valence-electron chi connectivity index (χ4n) is 3.47. The highest BCUT2D eigenvalue weighted by atomic mass is 32.2. The van der Waals surface area contributed by atoms with E-state index in [1.807, 2.05) is 27.7 Å². The van der Waals surface area contributed by atoms with Gasteiger partial charge in [-0.05, 0) is 53.0 Å². The zero-order valence-corrected chi connectivity index (χ0v) is 18.4. The van der Waals surface area contributed by atoms with Crippen LogP contribution in [0, 0.1) is 6.92 Å². The molecular weight excluding hydrogens is 380 g/mol. The normalized spacial score (nSPS) is 15.3. The number of hydrogen-bond acceptors (Lipinski definition) is 5. The third-order valence-corrected chi connectivity index (χ3v) is 6.67. The zero-order chi connectivity index (χ0) is 21.1. The van der Waals surface area contributed by atoms with Crippen molar-refractivity contribution in [2.45, 2.75) is 65.8 Å². The van der Waals surface area contributed by atoms with E-state index in [-0.39, 0.29) is 29.4 Å². The second kappa shape index (κ2) is 8.63. The topological polar surface area (TPSA) is 92.6 Å². The van der Waals surface area contributed by atoms with Gasteiger partial charge in [0.2, 0.25) is 15.9 Å². The van der Waals surface area contributed by atoms with E-state index in [1.54, 1.807) is 22.6 Å². The molecule has 0 aliphatic carbocycles. The molecule has 0 aromatic carbocycles. The Kier molecular flexibility index (Phi) is 6.90. The van der Waals surface area contributed by atoms with Crippen LogP contribution in [0.2, 0.25) is 0 Å². The minimum Gasteiger partial charge on any atom is -0.343 e. The molecule has 1 saturated heterocycles. The largest absolute Gasteiger partial charge is 0.343 e. The number of likely N-dealkylation sites (tertiary alicyclic amines) is 1. The fraction of sp³-hybridized carbons (Fsp3) is 0.737. The van der Waals surface area contributed by atoms with Gasteiger partial charge in [-0.15, -0.1) is 0 Å². The number of amides is 2. The average molecular weight is 413 g/mol. The molecule has 0 bridgehead atoms. The van der Waals surface area contributed by atoms with E-state index in [4.69, 9.17) is 0 Å². The Labute approximate surface area is 167 Å². The number of carbonyl (C=O) groups excluding carboxylic acids is 2. The van der Waals surface area contributed by atoms with E-state index in [1.165, 1.54) is 0 Å². The second-order valence-corrected chi connectivity index (χ2v) is 10.3. The summed E-state index contributed by atoms with van der Waals surface area (Å²) < 4.78 is 28.1. The lowest BCUT2D eigenvalue weighted by atomic mass is 10.1. The number of nitrogens with zero attached hydrogens (tertiary/aromatic N) is 4. The quantitative estimate of drug-likeness (QED) is 0.652. The van der Waals surface area contributed by atoms with E-state index in [0.29, 0.717) is 32.4 Å². The SMILES string of the molecule is CCCS(=O)(=O)N(CCCN1CCCC1=O)C(=O)c1cc(C)n(C(C)(C)C)n1. The van der Waals surface area contributed by atoms with E-state index in [0.717, 1.165) is 16.4 Å². The summed E-state index contributed by atoms with van der Waals surface area (Å²) in [4.78, 5) is 26.5. The van der Waals surface area contributed by atoms with Gasteiger partial charge in [0.25, 0.3) is 5.91 Å². The number of aryl methyl sites for hydroxylation is 1. The van der Waals surface area contributed by atoms with E-state index in [2.05, 4.69) is 5.10 Å². The van der Waals surface area contributed by atoms with Gasteiger partial charge in [0, 0.05) is 31.7 Å². The van der Waals surface area contributed by atoms with Crippen LogP contribution in [-0.4, -0.2) is 64.6 Å². The number of hydrogen-bond donors (Lipinski definition) is 0. The monoisotopic (exact) mass is 412 g/mol. The van der Waals surface area contributed by atoms with E-state index >= 15 is 0 Å². The summed E-state index contributed by atoms with van der Waals surface area (Å²) in [6, 6.07) is 1.63. The first-order chi connectivity index (χ1) is 13.0. The van der Waals surface area contributed by atoms with Gasteiger partial charge < -0.3 is 4.90 Å². The van der Waals surface area contributed by atoms with Gasteiger partial charge in [-0.25, -0.2) is 12.7 Å². The molecule has 0 saturated carbocycles. The molecule has 0 radical (unpaired) electrons. The maximum Gasteiger partial charge on any atom is 0.287 e. The fourth-order valence-corrected chi connectivity index (χ4v) is 4.96. The maximum atomic E-state index is 13.0. The molecule has 0 N–H and O–H groups in total. The van der Waals surface area contributed by atoms with Crippen LogP contribution in [0.5, 0.6) is 0 Å². The number of rotatable bonds is 8. The Morgan fingerprint density at radius 3 is 2.50 bits per heavy atom. The van der Waals surface area contributed by atoms with Crippen LogP contribution in [0.3, 0.4) is 0 Å². The Morgan fingerprint density at radius 2 is 2.00 bits per heavy atom. The van der Waals surface area contributed by atoms with Crippen molar-refractivity contribution in [2.75, 3.05) is 25.4 Å². The molecule has 9 heteroatoms. The highest BCUT2D eigenvalue weighted by molar-refractivity contribution is 7.89. The lowest BCUT2D eigenvalue weighted by Crippen LogP contribution is -2.40. The predicted molar refractivity (Wildman–Crippen MR) is 108 cm³/mol. The Balaban J connectivity index is 2.21. The molecule has 158 valence electrons. The molecule has 2 heterocycles. The van der Waals surface area contributed by atoms with Crippen LogP contribution in [0.15, 0.2) is 6.07 Å². The minimum atomic E-state index is -3.74. The van der Waals surface area contributed by atoms with Crippen molar-refractivity contribution in [3.8, 4) is 0 Å². The molecule has 0 atom stereocenters. The molecule has 1 fully saturated rings. The van der Waals surface area contributed by atoms with Gasteiger partial charge in [0.1, 0.15) is 0 Å². The number of carbonyl (C=O) groups is 2. The first kappa shape index (κ1) is 22.4. The summed E-state index contributed by atoms with van der Waals surface area (Å²) >= 11 is 0. The third-order valence-electron chi connectivity index (χ3n) is 4.73. The van der Waals surface area contributed by atoms with Gasteiger partial charge >= 0.3 is 0 Å². The molecule has 8 nitrogen and oxygen atoms in total. The summed E-state index contributed by atoms with van der Waals surface area (Å²) in [7, 11) is -3.74. The summed E-state index contributed by atoms with van der Waals surface area (Å²) in [5.74, 6) is -0.610. The first-order valence-electron chi connectivity index (χ1n) is 9.87. The summed E-state index contributed by atoms with van der Waals surface area (Å²) in [5.41, 5.74) is 0.613. The predicted octanol–water partition coefficient (Wildman–Crippen LogP) is 2.14. The molecule has 2 amide bonds. The molecular formula is C19H32N4O4S. The highest BCUT2D eigenvalue weighted by Crippen LogP contribution is 2.19. The van der Waals surface area contributed by atoms with Gasteiger partial charge in [0.05, 0.1) is 11.3 Å². The van der Waals surface area contributed by atoms with Crippen molar-refractivity contribution < 1.29 is 18.0 Å². The minimum absolute atomic E-state index is 0.0480. The second-order valence-electron chi connectivity index (χ2n) is 8.28. The molecule has 1 aromatic rings. The molecule has 2 rings (SSSR count). The first-order valence-corrected chi connectivity index (χ1v) is 11.5. The van der Waals surface area contributed by atoms with Crippen molar-refractivity contribution in [1.29, 1.82) is 0 Å². The molecule has 28 heavy (non-hydrogen) atoms. The summed E-state index contributed by atoms with van der Waals surface area (Å²) in [5, 5.41) is 4.37. The highest BCUT2D eigenvalue weighted by Gasteiger charge is 2.31. The summed E-state index contributed by atoms with van der Waals surface area (Å²) in [6.07, 6.45) is 2.21. The van der Waals surface area contributed by atoms with Gasteiger partial charge in [-0.3, -0.25) is 14.3 Å². The van der Waals surface area contributed by atoms with Gasteiger partial charge in [-0.2, -0.15) is 5.10 Å². The van der Waals surface area contributed by atoms with Crippen LogP contribution in [0.1, 0.15) is 69.6 Å². The molecule has 0 spiro atoms. The number of aromatic nitrogens is 2. The maximum absolute atomic E-state index is 13.0. The third kappa shape index (κ3) is 5.12. The smallest absolute Gasteiger partial charge is 0.287 e. The molecule has 1 aromatic heterocycles. The van der Waals surface area contributed by atoms with Crippen molar-refractivity contribution in [1.82, 2.24) is 19.0 Å². The van der Waals surface area contributed by atoms with Gasteiger partial charge in [-0.1, -0.05) is 6.92 Å². The van der Waals surface area contributed by atoms with Crippen molar-refractivity contribution >= 4 is 21.8 Å². The Morgan fingerprint density at radius 1 is 1.32 bits per heavy atom. The molecule has 0 unspecified atom stereocenters. The lowest BCUT2D eigenvalue weighted by Gasteiger charge is -2.23. The van der Waals surface area contributed by atoms with Crippen LogP contribution in [0.25, 0.3) is 0 Å². The standard InChI is InChI=1S/C19H32N4O4S/c1-6-13-28(26,27)22(12-8-11-21-10-7-9-17(21)24)18(25)16-14-15(2)23(20-16)19(3,4)5/h14H,6-13H2,1-5H3. The zero-order valence-electron chi connectivity index (χ0n) is 17.6. The lowest BCUT2D eigenvalue weighted by molar-refractivity contribution is -0.127. The van der Waals surface area contributed by atoms with Crippen LogP contribution in [-0.2, 0) is 20.4 Å². The molecule has 1 aliphatic rings. The Hall–Kier alpha value is -1.90. The van der Waals surface area contributed by atoms with Crippen molar-refractivity contribution in [3.05, 3.63) is 17.5 Å². The van der Waals surface area contributed by atoms with Crippen molar-refractivity contribution in [3.63, 3.8) is 0 Å². The van der Waals surface area contributed by atoms with Gasteiger partial charge in [0.15, 0.2) is 5.69 Å². The Bertz CT molecular complexity index is 823. The van der Waals surface area contributed by atoms with E-state index < -0.39 is 15.9 Å². The van der Waals surface area contributed by atoms with Crippen LogP contribution in [0.4, 0.5) is 0 Å². The number of sulfonamides is 1. The average Bonchev–Trinajstić information content (AvgIpc) is 3.16. The van der Waals surface area contributed by atoms with Crippen molar-refractivity contribution in [2.24, 2.45) is 0 Å². The van der Waals surface area contributed by atoms with E-state index in [9.17, 15) is 18.0 Å².